The summed E-state index contributed by atoms with van der Waals surface area (Å²) >= 11 is 0. The van der Waals surface area contributed by atoms with Gasteiger partial charge in [0.25, 0.3) is 0 Å². The van der Waals surface area contributed by atoms with Gasteiger partial charge >= 0.3 is 11.9 Å². The molecule has 7 heteroatoms. The highest BCUT2D eigenvalue weighted by atomic mass is 16.6. The average molecular weight is 330 g/mol. The van der Waals surface area contributed by atoms with Crippen molar-refractivity contribution in [3.8, 4) is 0 Å². The maximum atomic E-state index is 11.5. The molecule has 0 aromatic rings. The van der Waals surface area contributed by atoms with Crippen molar-refractivity contribution in [1.82, 2.24) is 0 Å². The van der Waals surface area contributed by atoms with Gasteiger partial charge in [-0.1, -0.05) is 45.4 Å². The normalized spacial score (nSPS) is 18.9. The number of aliphatic hydroxyl groups is 3. The Balaban J connectivity index is 2.13. The van der Waals surface area contributed by atoms with E-state index in [9.17, 15) is 19.8 Å². The number of carbonyl (C=O) groups excluding carboxylic acids is 2. The fourth-order valence-electron chi connectivity index (χ4n) is 2.29. The summed E-state index contributed by atoms with van der Waals surface area (Å²) < 4.78 is 9.46. The zero-order valence-corrected chi connectivity index (χ0v) is 13.5. The highest BCUT2D eigenvalue weighted by molar-refractivity contribution is 5.89. The van der Waals surface area contributed by atoms with Crippen LogP contribution in [0.15, 0.2) is 11.5 Å². The number of rotatable bonds is 11. The summed E-state index contributed by atoms with van der Waals surface area (Å²) in [6.07, 6.45) is 5.06. The molecule has 1 aliphatic heterocycles. The third-order valence-corrected chi connectivity index (χ3v) is 3.69. The van der Waals surface area contributed by atoms with E-state index in [0.29, 0.717) is 0 Å². The highest BCUT2D eigenvalue weighted by Crippen LogP contribution is 2.21. The number of esters is 2. The van der Waals surface area contributed by atoms with Gasteiger partial charge in [0, 0.05) is 6.42 Å². The average Bonchev–Trinajstić information content (AvgIpc) is 2.79. The van der Waals surface area contributed by atoms with Gasteiger partial charge in [-0.25, -0.2) is 4.79 Å². The van der Waals surface area contributed by atoms with Gasteiger partial charge in [-0.05, 0) is 6.42 Å². The van der Waals surface area contributed by atoms with Crippen LogP contribution in [0.5, 0.6) is 0 Å². The van der Waals surface area contributed by atoms with E-state index in [1.807, 2.05) is 0 Å². The first-order chi connectivity index (χ1) is 11.0. The van der Waals surface area contributed by atoms with E-state index < -0.39 is 42.3 Å². The Kier molecular flexibility index (Phi) is 8.47. The predicted molar refractivity (Wildman–Crippen MR) is 81.7 cm³/mol. The molecule has 1 rings (SSSR count). The van der Waals surface area contributed by atoms with Crippen molar-refractivity contribution in [2.75, 3.05) is 6.61 Å². The van der Waals surface area contributed by atoms with E-state index >= 15 is 0 Å². The van der Waals surface area contributed by atoms with Crippen molar-refractivity contribution in [1.29, 1.82) is 0 Å². The fourth-order valence-corrected chi connectivity index (χ4v) is 2.29. The van der Waals surface area contributed by atoms with E-state index in [1.165, 1.54) is 25.7 Å². The molecule has 0 saturated carbocycles. The zero-order valence-electron chi connectivity index (χ0n) is 13.5. The molecule has 0 amide bonds. The van der Waals surface area contributed by atoms with E-state index in [-0.39, 0.29) is 6.42 Å². The molecule has 132 valence electrons. The molecule has 23 heavy (non-hydrogen) atoms. The van der Waals surface area contributed by atoms with Crippen LogP contribution in [0.4, 0.5) is 0 Å². The standard InChI is InChI=1S/C16H26O7/c1-2-3-4-5-6-7-8-9-12(18)22-10-11(17)15-13(19)14(20)16(21)23-15/h11,15,17,19-20H,2-10H2,1H3. The lowest BCUT2D eigenvalue weighted by Gasteiger charge is -2.17. The van der Waals surface area contributed by atoms with Gasteiger partial charge in [0.15, 0.2) is 11.9 Å². The quantitative estimate of drug-likeness (QED) is 0.393. The first-order valence-corrected chi connectivity index (χ1v) is 8.14. The van der Waals surface area contributed by atoms with E-state index in [2.05, 4.69) is 11.7 Å². The molecule has 2 unspecified atom stereocenters. The van der Waals surface area contributed by atoms with Gasteiger partial charge in [0.05, 0.1) is 0 Å². The van der Waals surface area contributed by atoms with E-state index in [1.54, 1.807) is 0 Å². The number of hydrogen-bond acceptors (Lipinski definition) is 7. The summed E-state index contributed by atoms with van der Waals surface area (Å²) in [4.78, 5) is 22.5. The van der Waals surface area contributed by atoms with Crippen LogP contribution in [0.25, 0.3) is 0 Å². The third kappa shape index (κ3) is 6.48. The minimum Gasteiger partial charge on any atom is -0.505 e. The molecule has 3 N–H and O–H groups in total. The zero-order chi connectivity index (χ0) is 17.2. The Morgan fingerprint density at radius 1 is 1.17 bits per heavy atom. The van der Waals surface area contributed by atoms with E-state index in [4.69, 9.17) is 9.84 Å². The summed E-state index contributed by atoms with van der Waals surface area (Å²) in [5, 5.41) is 28.3. The van der Waals surface area contributed by atoms with Gasteiger partial charge in [0.1, 0.15) is 12.7 Å². The number of unbranched alkanes of at least 4 members (excludes halogenated alkanes) is 6. The van der Waals surface area contributed by atoms with Gasteiger partial charge in [-0.2, -0.15) is 0 Å². The molecule has 0 bridgehead atoms. The van der Waals surface area contributed by atoms with Crippen LogP contribution >= 0.6 is 0 Å². The van der Waals surface area contributed by atoms with Crippen LogP contribution in [0.1, 0.15) is 58.3 Å². The van der Waals surface area contributed by atoms with Gasteiger partial charge in [0.2, 0.25) is 5.76 Å². The summed E-state index contributed by atoms with van der Waals surface area (Å²) in [7, 11) is 0. The molecule has 0 fully saturated rings. The lowest BCUT2D eigenvalue weighted by Crippen LogP contribution is -2.33. The Morgan fingerprint density at radius 2 is 1.78 bits per heavy atom. The van der Waals surface area contributed by atoms with E-state index in [0.717, 1.165) is 19.3 Å². The molecule has 1 heterocycles. The van der Waals surface area contributed by atoms with Gasteiger partial charge in [-0.3, -0.25) is 4.79 Å². The lowest BCUT2D eigenvalue weighted by atomic mass is 10.1. The Bertz CT molecular complexity index is 430. The molecular weight excluding hydrogens is 304 g/mol. The number of ether oxygens (including phenoxy) is 2. The first-order valence-electron chi connectivity index (χ1n) is 8.14. The molecule has 0 saturated heterocycles. The SMILES string of the molecule is CCCCCCCCCC(=O)OCC(O)C1OC(=O)C(O)=C1O. The van der Waals surface area contributed by atoms with Gasteiger partial charge < -0.3 is 24.8 Å². The van der Waals surface area contributed by atoms with Crippen LogP contribution in [0.2, 0.25) is 0 Å². The number of cyclic esters (lactones) is 1. The minimum atomic E-state index is -1.42. The largest absolute Gasteiger partial charge is 0.505 e. The minimum absolute atomic E-state index is 0.262. The monoisotopic (exact) mass is 330 g/mol. The number of aliphatic hydroxyl groups excluding tert-OH is 3. The second-order valence-electron chi connectivity index (χ2n) is 5.68. The summed E-state index contributed by atoms with van der Waals surface area (Å²) in [6, 6.07) is 0. The maximum Gasteiger partial charge on any atom is 0.377 e. The van der Waals surface area contributed by atoms with Crippen molar-refractivity contribution in [3.63, 3.8) is 0 Å². The molecule has 0 radical (unpaired) electrons. The number of carbonyl (C=O) groups is 2. The smallest absolute Gasteiger partial charge is 0.377 e. The predicted octanol–water partition coefficient (Wildman–Crippen LogP) is 2.28. The third-order valence-electron chi connectivity index (χ3n) is 3.69. The van der Waals surface area contributed by atoms with Gasteiger partial charge in [-0.15, -0.1) is 0 Å². The van der Waals surface area contributed by atoms with Crippen LogP contribution < -0.4 is 0 Å². The van der Waals surface area contributed by atoms with Crippen molar-refractivity contribution in [3.05, 3.63) is 11.5 Å². The van der Waals surface area contributed by atoms with Crippen molar-refractivity contribution < 1.29 is 34.4 Å². The molecular formula is C16H26O7. The van der Waals surface area contributed by atoms with Crippen LogP contribution in [-0.2, 0) is 19.1 Å². The molecule has 0 aromatic carbocycles. The molecule has 0 spiro atoms. The summed E-state index contributed by atoms with van der Waals surface area (Å²) in [5.41, 5.74) is 0. The van der Waals surface area contributed by atoms with Crippen LogP contribution in [0.3, 0.4) is 0 Å². The summed E-state index contributed by atoms with van der Waals surface area (Å²) in [5.74, 6) is -3.23. The summed E-state index contributed by atoms with van der Waals surface area (Å²) in [6.45, 7) is 1.75. The van der Waals surface area contributed by atoms with Crippen molar-refractivity contribution in [2.24, 2.45) is 0 Å². The Morgan fingerprint density at radius 3 is 2.35 bits per heavy atom. The van der Waals surface area contributed by atoms with Crippen LogP contribution in [0, 0.1) is 0 Å². The number of hydrogen-bond donors (Lipinski definition) is 3. The Hall–Kier alpha value is -1.76. The topological polar surface area (TPSA) is 113 Å². The first kappa shape index (κ1) is 19.3. The van der Waals surface area contributed by atoms with Crippen molar-refractivity contribution in [2.45, 2.75) is 70.5 Å². The molecule has 7 nitrogen and oxygen atoms in total. The highest BCUT2D eigenvalue weighted by Gasteiger charge is 2.39. The maximum absolute atomic E-state index is 11.5. The molecule has 1 aliphatic rings. The lowest BCUT2D eigenvalue weighted by molar-refractivity contribution is -0.154. The Labute approximate surface area is 135 Å². The van der Waals surface area contributed by atoms with Crippen molar-refractivity contribution >= 4 is 11.9 Å². The molecule has 2 atom stereocenters. The second kappa shape index (κ2) is 10.1. The fraction of sp³-hybridized carbons (Fsp3) is 0.750. The second-order valence-corrected chi connectivity index (χ2v) is 5.68. The van der Waals surface area contributed by atoms with Crippen LogP contribution in [-0.4, -0.2) is 46.1 Å². The molecule has 0 aliphatic carbocycles. The molecule has 0 aromatic heterocycles.